The van der Waals surface area contributed by atoms with Crippen LogP contribution in [-0.4, -0.2) is 58.3 Å². The topological polar surface area (TPSA) is 97.2 Å². The molecule has 1 amide bonds. The molecule has 0 saturated carbocycles. The summed E-state index contributed by atoms with van der Waals surface area (Å²) in [5, 5.41) is 11.9. The Morgan fingerprint density at radius 2 is 1.91 bits per heavy atom. The van der Waals surface area contributed by atoms with E-state index in [1.807, 2.05) is 43.2 Å². The Bertz CT molecular complexity index is 1320. The Labute approximate surface area is 206 Å². The summed E-state index contributed by atoms with van der Waals surface area (Å²) >= 11 is 12.3. The monoisotopic (exact) mass is 499 g/mol. The highest BCUT2D eigenvalue weighted by Gasteiger charge is 2.18. The van der Waals surface area contributed by atoms with Gasteiger partial charge in [-0.15, -0.1) is 0 Å². The predicted octanol–water partition coefficient (Wildman–Crippen LogP) is 4.70. The first-order valence-electron chi connectivity index (χ1n) is 10.4. The predicted molar refractivity (Wildman–Crippen MR) is 135 cm³/mol. The SMILES string of the molecule is COc1nc(Nc2ccc3c(cnn3CCN(C)C)c2)ncc1C(=O)Nc1c(Cl)cccc1Cl. The number of nitrogens with zero attached hydrogens (tertiary/aromatic N) is 5. The minimum absolute atomic E-state index is 0.107. The van der Waals surface area contributed by atoms with Gasteiger partial charge in [-0.2, -0.15) is 10.1 Å². The van der Waals surface area contributed by atoms with E-state index in [9.17, 15) is 4.79 Å². The first kappa shape index (κ1) is 23.7. The molecule has 2 aromatic heterocycles. The number of hydrogen-bond donors (Lipinski definition) is 2. The zero-order valence-electron chi connectivity index (χ0n) is 18.8. The van der Waals surface area contributed by atoms with E-state index < -0.39 is 5.91 Å². The number of hydrogen-bond acceptors (Lipinski definition) is 7. The molecule has 0 atom stereocenters. The van der Waals surface area contributed by atoms with Crippen molar-refractivity contribution in [2.75, 3.05) is 38.4 Å². The molecule has 0 aliphatic rings. The molecule has 0 aliphatic carbocycles. The van der Waals surface area contributed by atoms with Crippen molar-refractivity contribution in [1.29, 1.82) is 0 Å². The van der Waals surface area contributed by atoms with E-state index in [-0.39, 0.29) is 17.4 Å². The Morgan fingerprint density at radius 1 is 1.15 bits per heavy atom. The molecular weight excluding hydrogens is 477 g/mol. The maximum atomic E-state index is 12.8. The van der Waals surface area contributed by atoms with Gasteiger partial charge in [0.2, 0.25) is 11.8 Å². The van der Waals surface area contributed by atoms with Crippen molar-refractivity contribution in [2.45, 2.75) is 6.54 Å². The maximum absolute atomic E-state index is 12.8. The normalized spacial score (nSPS) is 11.1. The highest BCUT2D eigenvalue weighted by molar-refractivity contribution is 6.40. The summed E-state index contributed by atoms with van der Waals surface area (Å²) in [5.74, 6) is -0.107. The van der Waals surface area contributed by atoms with Crippen LogP contribution in [0.3, 0.4) is 0 Å². The van der Waals surface area contributed by atoms with Crippen LogP contribution < -0.4 is 15.4 Å². The summed E-state index contributed by atoms with van der Waals surface area (Å²) in [7, 11) is 5.49. The average molecular weight is 500 g/mol. The van der Waals surface area contributed by atoms with Crippen LogP contribution in [0.4, 0.5) is 17.3 Å². The molecule has 0 saturated heterocycles. The minimum atomic E-state index is -0.495. The second kappa shape index (κ2) is 10.3. The molecule has 0 fully saturated rings. The number of likely N-dealkylation sites (N-methyl/N-ethyl adjacent to an activating group) is 1. The van der Waals surface area contributed by atoms with Crippen LogP contribution in [-0.2, 0) is 6.54 Å². The van der Waals surface area contributed by atoms with E-state index in [2.05, 4.69) is 30.6 Å². The largest absolute Gasteiger partial charge is 0.480 e. The molecule has 4 aromatic rings. The van der Waals surface area contributed by atoms with Crippen LogP contribution >= 0.6 is 23.2 Å². The number of ether oxygens (including phenoxy) is 1. The van der Waals surface area contributed by atoms with Gasteiger partial charge in [0.25, 0.3) is 5.91 Å². The number of carbonyl (C=O) groups excluding carboxylic acids is 1. The number of para-hydroxylation sites is 1. The van der Waals surface area contributed by atoms with E-state index in [1.54, 1.807) is 18.2 Å². The lowest BCUT2D eigenvalue weighted by Crippen LogP contribution is -2.18. The van der Waals surface area contributed by atoms with Gasteiger partial charge in [-0.3, -0.25) is 9.48 Å². The number of amides is 1. The number of anilines is 3. The van der Waals surface area contributed by atoms with Crippen LogP contribution in [0, 0.1) is 0 Å². The smallest absolute Gasteiger partial charge is 0.262 e. The van der Waals surface area contributed by atoms with E-state index in [0.717, 1.165) is 29.7 Å². The van der Waals surface area contributed by atoms with Gasteiger partial charge in [0, 0.05) is 23.8 Å². The highest BCUT2D eigenvalue weighted by Crippen LogP contribution is 2.31. The summed E-state index contributed by atoms with van der Waals surface area (Å²) in [6.07, 6.45) is 3.21. The number of methoxy groups -OCH3 is 1. The van der Waals surface area contributed by atoms with Crippen LogP contribution in [0.25, 0.3) is 10.9 Å². The van der Waals surface area contributed by atoms with Gasteiger partial charge in [-0.05, 0) is 44.4 Å². The van der Waals surface area contributed by atoms with Crippen molar-refractivity contribution in [3.8, 4) is 5.88 Å². The fourth-order valence-corrected chi connectivity index (χ4v) is 3.79. The van der Waals surface area contributed by atoms with Gasteiger partial charge < -0.3 is 20.3 Å². The van der Waals surface area contributed by atoms with Crippen LogP contribution in [0.1, 0.15) is 10.4 Å². The van der Waals surface area contributed by atoms with Gasteiger partial charge in [0.05, 0.1) is 41.1 Å². The Morgan fingerprint density at radius 3 is 2.62 bits per heavy atom. The summed E-state index contributed by atoms with van der Waals surface area (Å²) in [4.78, 5) is 23.5. The summed E-state index contributed by atoms with van der Waals surface area (Å²) in [6, 6.07) is 10.8. The Balaban J connectivity index is 1.52. The molecule has 0 spiro atoms. The minimum Gasteiger partial charge on any atom is -0.480 e. The van der Waals surface area contributed by atoms with Gasteiger partial charge in [-0.25, -0.2) is 4.98 Å². The molecule has 0 bridgehead atoms. The average Bonchev–Trinajstić information content (AvgIpc) is 3.22. The van der Waals surface area contributed by atoms with Crippen molar-refractivity contribution < 1.29 is 9.53 Å². The summed E-state index contributed by atoms with van der Waals surface area (Å²) < 4.78 is 7.30. The van der Waals surface area contributed by atoms with Crippen LogP contribution in [0.5, 0.6) is 5.88 Å². The van der Waals surface area contributed by atoms with Crippen LogP contribution in [0.2, 0.25) is 10.0 Å². The molecular formula is C23H23Cl2N7O2. The van der Waals surface area contributed by atoms with Crippen molar-refractivity contribution >= 4 is 57.3 Å². The molecule has 2 N–H and O–H groups in total. The van der Waals surface area contributed by atoms with Crippen molar-refractivity contribution in [1.82, 2.24) is 24.6 Å². The molecule has 2 heterocycles. The molecule has 0 aliphatic heterocycles. The van der Waals surface area contributed by atoms with Crippen molar-refractivity contribution in [3.05, 3.63) is 64.4 Å². The lowest BCUT2D eigenvalue weighted by atomic mass is 10.2. The number of aromatic nitrogens is 4. The Kier molecular flexibility index (Phi) is 7.16. The third-order valence-corrected chi connectivity index (χ3v) is 5.68. The lowest BCUT2D eigenvalue weighted by molar-refractivity contribution is 0.102. The molecule has 34 heavy (non-hydrogen) atoms. The zero-order chi connectivity index (χ0) is 24.2. The standard InChI is InChI=1S/C23H23Cl2N7O2/c1-31(2)9-10-32-19-8-7-15(11-14(19)12-27-32)28-23-26-13-16(22(30-23)34-3)21(33)29-20-17(24)5-4-6-18(20)25/h4-8,11-13H,9-10H2,1-3H3,(H,29,33)(H,26,28,30). The van der Waals surface area contributed by atoms with Crippen LogP contribution in [0.15, 0.2) is 48.8 Å². The first-order valence-corrected chi connectivity index (χ1v) is 11.1. The molecule has 0 unspecified atom stereocenters. The molecule has 176 valence electrons. The maximum Gasteiger partial charge on any atom is 0.262 e. The lowest BCUT2D eigenvalue weighted by Gasteiger charge is -2.12. The van der Waals surface area contributed by atoms with E-state index in [0.29, 0.717) is 15.7 Å². The molecule has 4 rings (SSSR count). The third kappa shape index (κ3) is 5.22. The number of rotatable bonds is 8. The van der Waals surface area contributed by atoms with Crippen molar-refractivity contribution in [3.63, 3.8) is 0 Å². The number of carbonyl (C=O) groups is 1. The summed E-state index contributed by atoms with van der Waals surface area (Å²) in [6.45, 7) is 1.69. The van der Waals surface area contributed by atoms with Gasteiger partial charge in [-0.1, -0.05) is 29.3 Å². The van der Waals surface area contributed by atoms with Gasteiger partial charge in [0.1, 0.15) is 5.56 Å². The number of nitrogens with one attached hydrogen (secondary N) is 2. The van der Waals surface area contributed by atoms with Gasteiger partial charge >= 0.3 is 0 Å². The first-order chi connectivity index (χ1) is 16.4. The quantitative estimate of drug-likeness (QED) is 0.362. The second-order valence-corrected chi connectivity index (χ2v) is 8.55. The fraction of sp³-hybridized carbons (Fsp3) is 0.217. The molecule has 11 heteroatoms. The number of benzene rings is 2. The third-order valence-electron chi connectivity index (χ3n) is 5.05. The van der Waals surface area contributed by atoms with E-state index in [1.165, 1.54) is 13.3 Å². The van der Waals surface area contributed by atoms with E-state index >= 15 is 0 Å². The zero-order valence-corrected chi connectivity index (χ0v) is 20.4. The second-order valence-electron chi connectivity index (χ2n) is 7.74. The van der Waals surface area contributed by atoms with E-state index in [4.69, 9.17) is 27.9 Å². The van der Waals surface area contributed by atoms with Crippen molar-refractivity contribution in [2.24, 2.45) is 0 Å². The number of fused-ring (bicyclic) bond motifs is 1. The molecule has 0 radical (unpaired) electrons. The summed E-state index contributed by atoms with van der Waals surface area (Å²) in [5.41, 5.74) is 2.26. The Hall–Kier alpha value is -3.40. The fourth-order valence-electron chi connectivity index (χ4n) is 3.30. The molecule has 9 nitrogen and oxygen atoms in total. The number of halogens is 2. The highest BCUT2D eigenvalue weighted by atomic mass is 35.5. The van der Waals surface area contributed by atoms with Gasteiger partial charge in [0.15, 0.2) is 0 Å². The molecule has 2 aromatic carbocycles.